The van der Waals surface area contributed by atoms with Crippen LogP contribution in [-0.2, 0) is 10.1 Å². The van der Waals surface area contributed by atoms with Gasteiger partial charge in [-0.25, -0.2) is 8.42 Å². The molecule has 0 fully saturated rings. The van der Waals surface area contributed by atoms with Crippen molar-refractivity contribution < 1.29 is 64.4 Å². The molecule has 1 aromatic rings. The zero-order chi connectivity index (χ0) is 8.48. The van der Waals surface area contributed by atoms with Gasteiger partial charge in [0.25, 0.3) is 0 Å². The van der Waals surface area contributed by atoms with Crippen molar-refractivity contribution in [2.75, 3.05) is 0 Å². The maximum Gasteiger partial charge on any atom is 1.00 e. The van der Waals surface area contributed by atoms with E-state index in [9.17, 15) is 13.0 Å². The van der Waals surface area contributed by atoms with Crippen molar-refractivity contribution in [2.45, 2.75) is 4.90 Å². The summed E-state index contributed by atoms with van der Waals surface area (Å²) < 4.78 is 31.9. The van der Waals surface area contributed by atoms with E-state index in [-0.39, 0.29) is 56.3 Å². The molecule has 6 heteroatoms. The fourth-order valence-electron chi connectivity index (χ4n) is 0.647. The van der Waals surface area contributed by atoms with Gasteiger partial charge >= 0.3 is 51.4 Å². The van der Waals surface area contributed by atoms with Gasteiger partial charge < -0.3 is 4.55 Å². The maximum atomic E-state index is 10.5. The topological polar surface area (TPSA) is 57.2 Å². The second kappa shape index (κ2) is 5.40. The second-order valence-electron chi connectivity index (χ2n) is 1.88. The summed E-state index contributed by atoms with van der Waals surface area (Å²) in [5.74, 6) is 0. The molecule has 0 spiro atoms. The first kappa shape index (κ1) is 13.5. The summed E-state index contributed by atoms with van der Waals surface area (Å²) in [6.07, 6.45) is 0. The van der Waals surface area contributed by atoms with Crippen LogP contribution in [0.15, 0.2) is 29.2 Å². The van der Waals surface area contributed by atoms with Crippen molar-refractivity contribution in [3.05, 3.63) is 27.8 Å². The van der Waals surface area contributed by atoms with E-state index in [4.69, 9.17) is 0 Å². The van der Waals surface area contributed by atoms with E-state index < -0.39 is 10.1 Å². The van der Waals surface area contributed by atoms with E-state index in [1.807, 2.05) is 0 Å². The Kier molecular flexibility index (Phi) is 6.07. The minimum Gasteiger partial charge on any atom is -0.744 e. The van der Waals surface area contributed by atoms with Crippen LogP contribution in [0, 0.1) is 3.57 Å². The largest absolute Gasteiger partial charge is 1.00 e. The third-order valence-electron chi connectivity index (χ3n) is 1.11. The molecule has 0 saturated heterocycles. The van der Waals surface area contributed by atoms with Crippen molar-refractivity contribution in [3.63, 3.8) is 0 Å². The molecule has 60 valence electrons. The Bertz CT molecular complexity index is 363. The first-order valence-electron chi connectivity index (χ1n) is 2.72. The van der Waals surface area contributed by atoms with E-state index >= 15 is 0 Å². The van der Waals surface area contributed by atoms with Crippen LogP contribution in [0.25, 0.3) is 0 Å². The van der Waals surface area contributed by atoms with Crippen LogP contribution in [0.5, 0.6) is 0 Å². The van der Waals surface area contributed by atoms with Crippen molar-refractivity contribution in [1.82, 2.24) is 0 Å². The van der Waals surface area contributed by atoms with E-state index in [0.29, 0.717) is 3.57 Å². The molecule has 1 aromatic carbocycles. The number of benzene rings is 1. The molecule has 0 aliphatic carbocycles. The van der Waals surface area contributed by atoms with Crippen LogP contribution < -0.4 is 51.4 Å². The van der Waals surface area contributed by atoms with Crippen LogP contribution in [0.1, 0.15) is 0 Å². The second-order valence-corrected chi connectivity index (χ2v) is 4.39. The van der Waals surface area contributed by atoms with Gasteiger partial charge in [-0.15, -0.1) is 0 Å². The van der Waals surface area contributed by atoms with Gasteiger partial charge in [-0.2, -0.15) is 0 Å². The zero-order valence-electron chi connectivity index (χ0n) is 6.32. The minimum atomic E-state index is -4.29. The van der Waals surface area contributed by atoms with Gasteiger partial charge in [-0.1, -0.05) is 12.1 Å². The number of hydrogen-bond acceptors (Lipinski definition) is 3. The summed E-state index contributed by atoms with van der Waals surface area (Å²) in [5.41, 5.74) is 0. The average molecular weight is 322 g/mol. The fourth-order valence-corrected chi connectivity index (χ4v) is 2.40. The summed E-state index contributed by atoms with van der Waals surface area (Å²) in [5, 5.41) is 0. The van der Waals surface area contributed by atoms with Crippen LogP contribution in [0.3, 0.4) is 0 Å². The van der Waals surface area contributed by atoms with Crippen LogP contribution in [0.4, 0.5) is 0 Å². The van der Waals surface area contributed by atoms with Gasteiger partial charge in [0, 0.05) is 3.57 Å². The predicted molar refractivity (Wildman–Crippen MR) is 47.1 cm³/mol. The summed E-state index contributed by atoms with van der Waals surface area (Å²) >= 11 is 1.81. The number of hydrogen-bond donors (Lipinski definition) is 0. The van der Waals surface area contributed by atoms with E-state index in [1.165, 1.54) is 12.1 Å². The van der Waals surface area contributed by atoms with Gasteiger partial charge in [0.2, 0.25) is 0 Å². The molecular formula is C6H4IKO3S. The molecule has 0 aliphatic heterocycles. The van der Waals surface area contributed by atoms with Crippen molar-refractivity contribution >= 4 is 32.7 Å². The Morgan fingerprint density at radius 3 is 2.08 bits per heavy atom. The molecule has 0 radical (unpaired) electrons. The van der Waals surface area contributed by atoms with E-state index in [1.54, 1.807) is 34.7 Å². The van der Waals surface area contributed by atoms with Gasteiger partial charge in [-0.05, 0) is 34.7 Å². The molecular weight excluding hydrogens is 318 g/mol. The zero-order valence-corrected chi connectivity index (χ0v) is 12.4. The molecule has 0 N–H and O–H groups in total. The molecule has 1 rings (SSSR count). The van der Waals surface area contributed by atoms with Gasteiger partial charge in [0.05, 0.1) is 4.90 Å². The summed E-state index contributed by atoms with van der Waals surface area (Å²) in [7, 11) is -4.29. The monoisotopic (exact) mass is 322 g/mol. The Morgan fingerprint density at radius 2 is 1.75 bits per heavy atom. The molecule has 0 aliphatic rings. The van der Waals surface area contributed by atoms with E-state index in [2.05, 4.69) is 0 Å². The van der Waals surface area contributed by atoms with Crippen molar-refractivity contribution in [3.8, 4) is 0 Å². The third-order valence-corrected chi connectivity index (χ3v) is 3.31. The molecule has 0 heterocycles. The SMILES string of the molecule is O=S(=O)([O-])c1ccccc1I.[K+]. The number of rotatable bonds is 1. The molecule has 12 heavy (non-hydrogen) atoms. The Hall–Kier alpha value is 1.50. The quantitative estimate of drug-likeness (QED) is 0.348. The van der Waals surface area contributed by atoms with Gasteiger partial charge in [0.1, 0.15) is 10.1 Å². The molecule has 3 nitrogen and oxygen atoms in total. The molecule has 0 aromatic heterocycles. The summed E-state index contributed by atoms with van der Waals surface area (Å²) in [4.78, 5) is -0.152. The molecule has 0 amide bonds. The summed E-state index contributed by atoms with van der Waals surface area (Å²) in [6, 6.07) is 6.07. The Labute approximate surface area is 127 Å². The fraction of sp³-hybridized carbons (Fsp3) is 0. The normalized spacial score (nSPS) is 10.5. The minimum absolute atomic E-state index is 0. The van der Waals surface area contributed by atoms with Gasteiger partial charge in [-0.3, -0.25) is 0 Å². The Balaban J connectivity index is 0.00000121. The Morgan fingerprint density at radius 1 is 1.25 bits per heavy atom. The first-order valence-corrected chi connectivity index (χ1v) is 5.21. The van der Waals surface area contributed by atoms with E-state index in [0.717, 1.165) is 0 Å². The first-order chi connectivity index (χ1) is 5.02. The molecule has 0 unspecified atom stereocenters. The third kappa shape index (κ3) is 3.70. The van der Waals surface area contributed by atoms with Crippen LogP contribution >= 0.6 is 22.6 Å². The predicted octanol–water partition coefficient (Wildman–Crippen LogP) is -1.80. The molecule has 0 bridgehead atoms. The molecule has 0 atom stereocenters. The van der Waals surface area contributed by atoms with Gasteiger partial charge in [0.15, 0.2) is 0 Å². The summed E-state index contributed by atoms with van der Waals surface area (Å²) in [6.45, 7) is 0. The van der Waals surface area contributed by atoms with Crippen molar-refractivity contribution in [2.24, 2.45) is 0 Å². The molecule has 0 saturated carbocycles. The van der Waals surface area contributed by atoms with Crippen LogP contribution in [0.2, 0.25) is 0 Å². The average Bonchev–Trinajstić information content (AvgIpc) is 1.86. The standard InChI is InChI=1S/C6H5IO3S.K/c7-5-3-1-2-4-6(5)11(8,9)10;/h1-4H,(H,8,9,10);/q;+1/p-1. The van der Waals surface area contributed by atoms with Crippen molar-refractivity contribution in [1.29, 1.82) is 0 Å². The maximum absolute atomic E-state index is 10.5. The number of halogens is 1. The smallest absolute Gasteiger partial charge is 0.744 e. The van der Waals surface area contributed by atoms with Crippen LogP contribution in [-0.4, -0.2) is 13.0 Å².